The lowest BCUT2D eigenvalue weighted by Crippen LogP contribution is -2.48. The first kappa shape index (κ1) is 23.9. The maximum atomic E-state index is 15.1. The van der Waals surface area contributed by atoms with E-state index in [2.05, 4.69) is 37.0 Å². The zero-order valence-corrected chi connectivity index (χ0v) is 20.1. The average molecular weight is 502 g/mol. The van der Waals surface area contributed by atoms with Gasteiger partial charge in [0.25, 0.3) is 0 Å². The van der Waals surface area contributed by atoms with Gasteiger partial charge in [-0.2, -0.15) is 10.1 Å². The first-order valence-electron chi connectivity index (χ1n) is 11.6. The summed E-state index contributed by atoms with van der Waals surface area (Å²) in [5.74, 6) is 0.297. The number of aromatic amines is 1. The number of H-pyrrole nitrogens is 1. The molecule has 5 rings (SSSR count). The average Bonchev–Trinajstić information content (AvgIpc) is 3.42. The van der Waals surface area contributed by atoms with E-state index in [1.165, 1.54) is 18.2 Å². The Hall–Kier alpha value is -4.87. The van der Waals surface area contributed by atoms with Gasteiger partial charge in [0.05, 0.1) is 11.9 Å². The van der Waals surface area contributed by atoms with Crippen molar-refractivity contribution >= 4 is 23.4 Å². The highest BCUT2D eigenvalue weighted by atomic mass is 19.1. The maximum absolute atomic E-state index is 15.1. The van der Waals surface area contributed by atoms with Crippen LogP contribution in [0.3, 0.4) is 0 Å². The van der Waals surface area contributed by atoms with E-state index < -0.39 is 5.82 Å². The van der Waals surface area contributed by atoms with Crippen LogP contribution >= 0.6 is 0 Å². The number of halogens is 1. The number of carbonyl (C=O) groups is 1. The third kappa shape index (κ3) is 5.37. The lowest BCUT2D eigenvalue weighted by Gasteiger charge is -2.35. The molecule has 0 spiro atoms. The minimum atomic E-state index is -0.574. The number of aryl methyl sites for hydroxylation is 1. The van der Waals surface area contributed by atoms with E-state index in [4.69, 9.17) is 9.72 Å². The lowest BCUT2D eigenvalue weighted by molar-refractivity contribution is -0.126. The number of rotatable bonds is 7. The number of hydrogen-bond donors (Lipinski definition) is 2. The predicted molar refractivity (Wildman–Crippen MR) is 135 cm³/mol. The molecule has 1 amide bonds. The van der Waals surface area contributed by atoms with Crippen molar-refractivity contribution < 1.29 is 13.9 Å². The molecule has 4 heterocycles. The number of aromatic nitrogens is 6. The van der Waals surface area contributed by atoms with Crippen LogP contribution in [-0.4, -0.2) is 67.1 Å². The molecule has 0 bridgehead atoms. The zero-order chi connectivity index (χ0) is 25.8. The van der Waals surface area contributed by atoms with E-state index in [0.717, 1.165) is 0 Å². The zero-order valence-electron chi connectivity index (χ0n) is 20.1. The minimum absolute atomic E-state index is 0.00612. The number of ether oxygens (including phenoxy) is 1. The first-order valence-corrected chi connectivity index (χ1v) is 11.6. The molecule has 1 fully saturated rings. The highest BCUT2D eigenvalue weighted by Gasteiger charge is 2.24. The van der Waals surface area contributed by atoms with Crippen LogP contribution in [0.2, 0.25) is 0 Å². The molecule has 1 aliphatic heterocycles. The predicted octanol–water partition coefficient (Wildman–Crippen LogP) is 3.47. The van der Waals surface area contributed by atoms with Gasteiger partial charge in [-0.05, 0) is 36.8 Å². The number of piperazine rings is 1. The summed E-state index contributed by atoms with van der Waals surface area (Å²) in [6.07, 6.45) is 7.80. The van der Waals surface area contributed by atoms with Gasteiger partial charge in [0.15, 0.2) is 11.6 Å². The highest BCUT2D eigenvalue weighted by molar-refractivity contribution is 5.87. The van der Waals surface area contributed by atoms with E-state index in [-0.39, 0.29) is 17.7 Å². The molecule has 1 aliphatic rings. The Morgan fingerprint density at radius 1 is 1.16 bits per heavy atom. The molecular weight excluding hydrogens is 477 g/mol. The summed E-state index contributed by atoms with van der Waals surface area (Å²) in [7, 11) is 0. The van der Waals surface area contributed by atoms with Crippen molar-refractivity contribution in [3.63, 3.8) is 0 Å². The Balaban J connectivity index is 1.45. The Morgan fingerprint density at radius 2 is 2.00 bits per heavy atom. The molecule has 0 unspecified atom stereocenters. The van der Waals surface area contributed by atoms with Crippen molar-refractivity contribution in [1.29, 1.82) is 0 Å². The molecule has 4 aromatic rings. The van der Waals surface area contributed by atoms with Gasteiger partial charge in [-0.3, -0.25) is 9.89 Å². The van der Waals surface area contributed by atoms with Crippen LogP contribution < -0.4 is 15.0 Å². The van der Waals surface area contributed by atoms with Crippen LogP contribution in [-0.2, 0) is 4.79 Å². The molecule has 0 radical (unpaired) electrons. The molecule has 0 saturated carbocycles. The van der Waals surface area contributed by atoms with Crippen LogP contribution in [0.1, 0.15) is 5.69 Å². The molecule has 188 valence electrons. The largest absolute Gasteiger partial charge is 0.421 e. The minimum Gasteiger partial charge on any atom is -0.421 e. The number of nitrogens with zero attached hydrogens (tertiary/aromatic N) is 7. The van der Waals surface area contributed by atoms with E-state index in [9.17, 15) is 4.79 Å². The summed E-state index contributed by atoms with van der Waals surface area (Å²) < 4.78 is 20.6. The Kier molecular flexibility index (Phi) is 6.70. The van der Waals surface area contributed by atoms with Crippen molar-refractivity contribution in [2.24, 2.45) is 0 Å². The summed E-state index contributed by atoms with van der Waals surface area (Å²) in [6, 6.07) is 6.42. The number of nitrogens with one attached hydrogen (secondary N) is 2. The molecule has 3 aromatic heterocycles. The topological polar surface area (TPSA) is 125 Å². The van der Waals surface area contributed by atoms with E-state index >= 15 is 4.39 Å². The summed E-state index contributed by atoms with van der Waals surface area (Å²) in [5, 5.41) is 9.75. The maximum Gasteiger partial charge on any atom is 0.322 e. The van der Waals surface area contributed by atoms with Crippen molar-refractivity contribution in [3.05, 3.63) is 73.2 Å². The van der Waals surface area contributed by atoms with Crippen LogP contribution in [0.25, 0.3) is 11.1 Å². The molecule has 37 heavy (non-hydrogen) atoms. The van der Waals surface area contributed by atoms with E-state index in [1.54, 1.807) is 48.7 Å². The van der Waals surface area contributed by atoms with Crippen LogP contribution in [0.15, 0.2) is 61.7 Å². The smallest absolute Gasteiger partial charge is 0.322 e. The molecule has 12 heteroatoms. The molecule has 1 aromatic carbocycles. The van der Waals surface area contributed by atoms with Gasteiger partial charge in [0, 0.05) is 56.0 Å². The van der Waals surface area contributed by atoms with Gasteiger partial charge < -0.3 is 19.9 Å². The van der Waals surface area contributed by atoms with Crippen LogP contribution in [0.5, 0.6) is 11.8 Å². The fraction of sp³-hybridized carbons (Fsp3) is 0.200. The van der Waals surface area contributed by atoms with Gasteiger partial charge in [-0.25, -0.2) is 19.3 Å². The third-order valence-corrected chi connectivity index (χ3v) is 5.81. The summed E-state index contributed by atoms with van der Waals surface area (Å²) in [4.78, 5) is 33.2. The fourth-order valence-corrected chi connectivity index (χ4v) is 3.92. The summed E-state index contributed by atoms with van der Waals surface area (Å²) in [6.45, 7) is 7.47. The second kappa shape index (κ2) is 10.4. The van der Waals surface area contributed by atoms with Gasteiger partial charge in [0.2, 0.25) is 11.9 Å². The summed E-state index contributed by atoms with van der Waals surface area (Å²) in [5.41, 5.74) is 2.62. The van der Waals surface area contributed by atoms with Crippen LogP contribution in [0, 0.1) is 12.7 Å². The molecule has 11 nitrogen and oxygen atoms in total. The van der Waals surface area contributed by atoms with Gasteiger partial charge in [0.1, 0.15) is 5.82 Å². The number of carbonyl (C=O) groups excluding carboxylic acids is 1. The van der Waals surface area contributed by atoms with Gasteiger partial charge >= 0.3 is 6.01 Å². The Morgan fingerprint density at radius 3 is 2.70 bits per heavy atom. The molecule has 1 saturated heterocycles. The second-order valence-electron chi connectivity index (χ2n) is 8.29. The van der Waals surface area contributed by atoms with Crippen molar-refractivity contribution in [2.45, 2.75) is 6.92 Å². The molecule has 0 aliphatic carbocycles. The van der Waals surface area contributed by atoms with Crippen molar-refractivity contribution in [2.75, 3.05) is 36.4 Å². The van der Waals surface area contributed by atoms with Gasteiger partial charge in [-0.1, -0.05) is 12.6 Å². The Bertz CT molecular complexity index is 1420. The monoisotopic (exact) mass is 501 g/mol. The number of hydrogen-bond acceptors (Lipinski definition) is 9. The molecular formula is C25H24FN9O2. The van der Waals surface area contributed by atoms with Crippen molar-refractivity contribution in [3.8, 4) is 22.9 Å². The number of amides is 1. The SMILES string of the molecule is C=CC(=O)N1CCN(c2nc(Nc3cn[nH]c3)ncc2-c2ccc(Oc3nccc(C)n3)c(F)c2)CC1. The van der Waals surface area contributed by atoms with Crippen molar-refractivity contribution in [1.82, 2.24) is 35.0 Å². The highest BCUT2D eigenvalue weighted by Crippen LogP contribution is 2.34. The summed E-state index contributed by atoms with van der Waals surface area (Å²) >= 11 is 0. The van der Waals surface area contributed by atoms with E-state index in [0.29, 0.717) is 60.5 Å². The standard InChI is InChI=1S/C25H24FN9O2/c1-3-22(36)34-8-10-35(11-9-34)23-19(15-28-24(33-23)32-18-13-29-30-14-18)17-4-5-21(20(26)12-17)37-25-27-7-6-16(2)31-25/h3-7,12-15H,1,8-11H2,2H3,(H,29,30)(H,28,32,33). The van der Waals surface area contributed by atoms with Crippen LogP contribution in [0.4, 0.5) is 21.8 Å². The molecule has 2 N–H and O–H groups in total. The second-order valence-corrected chi connectivity index (χ2v) is 8.29. The third-order valence-electron chi connectivity index (χ3n) is 5.81. The quantitative estimate of drug-likeness (QED) is 0.366. The number of benzene rings is 1. The fourth-order valence-electron chi connectivity index (χ4n) is 3.92. The lowest BCUT2D eigenvalue weighted by atomic mass is 10.1. The van der Waals surface area contributed by atoms with E-state index in [1.807, 2.05) is 4.90 Å². The first-order chi connectivity index (χ1) is 18.0. The number of anilines is 3. The normalized spacial score (nSPS) is 13.4. The van der Waals surface area contributed by atoms with Gasteiger partial charge in [-0.15, -0.1) is 0 Å². The molecule has 0 atom stereocenters. The Labute approximate surface area is 212 Å².